The lowest BCUT2D eigenvalue weighted by atomic mass is 9.98. The Morgan fingerprint density at radius 3 is 2.75 bits per heavy atom. The second kappa shape index (κ2) is 6.70. The van der Waals surface area contributed by atoms with Gasteiger partial charge in [-0.1, -0.05) is 13.8 Å². The maximum atomic E-state index is 12.2. The highest BCUT2D eigenvalue weighted by atomic mass is 32.1. The number of hydrogen-bond acceptors (Lipinski definition) is 4. The second-order valence-corrected chi connectivity index (χ2v) is 6.37. The molecule has 5 heteroatoms. The quantitative estimate of drug-likeness (QED) is 0.878. The maximum absolute atomic E-state index is 12.2. The maximum Gasteiger partial charge on any atom is 0.223 e. The van der Waals surface area contributed by atoms with Gasteiger partial charge in [0.25, 0.3) is 0 Å². The van der Waals surface area contributed by atoms with Crippen molar-refractivity contribution in [3.63, 3.8) is 0 Å². The molecule has 2 heterocycles. The van der Waals surface area contributed by atoms with E-state index in [9.17, 15) is 4.79 Å². The topological polar surface area (TPSA) is 47.6 Å². The number of thiophene rings is 1. The molecule has 0 aromatic carbocycles. The minimum Gasteiger partial charge on any atom is -0.351 e. The van der Waals surface area contributed by atoms with Gasteiger partial charge in [0.1, 0.15) is 0 Å². The van der Waals surface area contributed by atoms with E-state index in [-0.39, 0.29) is 11.8 Å². The van der Waals surface area contributed by atoms with Crippen LogP contribution in [0.5, 0.6) is 0 Å². The van der Waals surface area contributed by atoms with Crippen LogP contribution in [0.15, 0.2) is 11.4 Å². The van der Waals surface area contributed by atoms with Gasteiger partial charge >= 0.3 is 0 Å². The third-order valence-corrected chi connectivity index (χ3v) is 4.69. The van der Waals surface area contributed by atoms with Crippen molar-refractivity contribution in [1.29, 1.82) is 0 Å². The molecule has 1 aromatic heterocycles. The molecule has 20 heavy (non-hydrogen) atoms. The van der Waals surface area contributed by atoms with Gasteiger partial charge in [-0.15, -0.1) is 11.3 Å². The van der Waals surface area contributed by atoms with E-state index in [0.29, 0.717) is 26.2 Å². The molecule has 1 N–H and O–H groups in total. The van der Waals surface area contributed by atoms with Crippen LogP contribution in [0.4, 0.5) is 0 Å². The van der Waals surface area contributed by atoms with E-state index in [4.69, 9.17) is 9.47 Å². The number of ether oxygens (including phenoxy) is 2. The number of nitrogens with one attached hydrogen (secondary N) is 1. The molecule has 1 aromatic rings. The molecule has 1 saturated heterocycles. The fraction of sp³-hybridized carbons (Fsp3) is 0.667. The number of carbonyl (C=O) groups excluding carboxylic acids is 1. The van der Waals surface area contributed by atoms with E-state index in [0.717, 1.165) is 6.42 Å². The third-order valence-electron chi connectivity index (χ3n) is 3.64. The fourth-order valence-corrected chi connectivity index (χ4v) is 3.27. The van der Waals surface area contributed by atoms with Crippen molar-refractivity contribution < 1.29 is 14.3 Å². The van der Waals surface area contributed by atoms with Crippen LogP contribution < -0.4 is 5.32 Å². The number of amides is 1. The Morgan fingerprint density at radius 1 is 1.50 bits per heavy atom. The first kappa shape index (κ1) is 15.5. The van der Waals surface area contributed by atoms with Crippen LogP contribution in [-0.2, 0) is 20.8 Å². The van der Waals surface area contributed by atoms with Crippen molar-refractivity contribution >= 4 is 17.2 Å². The van der Waals surface area contributed by atoms with Crippen molar-refractivity contribution in [1.82, 2.24) is 5.32 Å². The van der Waals surface area contributed by atoms with E-state index in [2.05, 4.69) is 23.7 Å². The van der Waals surface area contributed by atoms with E-state index in [1.165, 1.54) is 10.4 Å². The summed E-state index contributed by atoms with van der Waals surface area (Å²) >= 11 is 1.68. The van der Waals surface area contributed by atoms with Crippen molar-refractivity contribution in [3.8, 4) is 0 Å². The Morgan fingerprint density at radius 2 is 2.20 bits per heavy atom. The van der Waals surface area contributed by atoms with Gasteiger partial charge < -0.3 is 14.8 Å². The summed E-state index contributed by atoms with van der Waals surface area (Å²) < 4.78 is 11.4. The molecule has 1 atom stereocenters. The van der Waals surface area contributed by atoms with Crippen molar-refractivity contribution in [2.24, 2.45) is 5.92 Å². The Hall–Kier alpha value is -0.910. The van der Waals surface area contributed by atoms with Crippen molar-refractivity contribution in [3.05, 3.63) is 21.9 Å². The zero-order valence-electron chi connectivity index (χ0n) is 12.4. The van der Waals surface area contributed by atoms with Crippen LogP contribution in [0.3, 0.4) is 0 Å². The minimum absolute atomic E-state index is 0.0583. The molecule has 0 saturated carbocycles. The van der Waals surface area contributed by atoms with Gasteiger partial charge in [0.2, 0.25) is 5.91 Å². The molecular weight excluding hydrogens is 274 g/mol. The Bertz CT molecular complexity index is 452. The molecule has 1 amide bonds. The smallest absolute Gasteiger partial charge is 0.223 e. The average Bonchev–Trinajstić information content (AvgIpc) is 3.06. The molecule has 0 aliphatic carbocycles. The van der Waals surface area contributed by atoms with Gasteiger partial charge in [-0.05, 0) is 30.4 Å². The number of aryl methyl sites for hydroxylation is 1. The molecule has 0 radical (unpaired) electrons. The predicted octanol–water partition coefficient (Wildman–Crippen LogP) is 2.85. The van der Waals surface area contributed by atoms with E-state index in [1.807, 2.05) is 13.8 Å². The van der Waals surface area contributed by atoms with Gasteiger partial charge in [-0.3, -0.25) is 4.79 Å². The summed E-state index contributed by atoms with van der Waals surface area (Å²) in [5.41, 5.74) is 1.24. The molecule has 4 nitrogen and oxygen atoms in total. The fourth-order valence-electron chi connectivity index (χ4n) is 2.45. The summed E-state index contributed by atoms with van der Waals surface area (Å²) in [6.07, 6.45) is 1.38. The second-order valence-electron chi connectivity index (χ2n) is 5.37. The zero-order chi connectivity index (χ0) is 14.6. The molecular formula is C15H23NO3S. The largest absolute Gasteiger partial charge is 0.351 e. The Kier molecular flexibility index (Phi) is 5.18. The first-order valence-corrected chi connectivity index (χ1v) is 8.02. The van der Waals surface area contributed by atoms with Crippen LogP contribution in [-0.4, -0.2) is 24.9 Å². The molecule has 1 aliphatic rings. The minimum atomic E-state index is -0.559. The van der Waals surface area contributed by atoms with Crippen LogP contribution >= 0.6 is 11.3 Å². The Labute approximate surface area is 124 Å². The molecule has 1 unspecified atom stereocenters. The zero-order valence-corrected chi connectivity index (χ0v) is 13.2. The highest BCUT2D eigenvalue weighted by Crippen LogP contribution is 2.30. The lowest BCUT2D eigenvalue weighted by Crippen LogP contribution is -2.37. The number of hydrogen-bond donors (Lipinski definition) is 1. The molecule has 0 bridgehead atoms. The van der Waals surface area contributed by atoms with Gasteiger partial charge in [-0.25, -0.2) is 0 Å². The summed E-state index contributed by atoms with van der Waals surface area (Å²) in [5.74, 6) is -0.618. The summed E-state index contributed by atoms with van der Waals surface area (Å²) in [4.78, 5) is 13.3. The lowest BCUT2D eigenvalue weighted by Gasteiger charge is -2.28. The summed E-state index contributed by atoms with van der Waals surface area (Å²) in [6.45, 7) is 7.86. The first-order valence-electron chi connectivity index (χ1n) is 7.14. The van der Waals surface area contributed by atoms with Crippen molar-refractivity contribution in [2.45, 2.75) is 45.9 Å². The van der Waals surface area contributed by atoms with Crippen LogP contribution in [0.1, 0.15) is 37.1 Å². The normalized spacial score (nSPS) is 18.9. The van der Waals surface area contributed by atoms with Gasteiger partial charge in [0.15, 0.2) is 5.79 Å². The SMILES string of the molecule is CCC1(CC(C)C(=O)NCc2cc(C)cs2)OCCO1. The molecule has 2 rings (SSSR count). The van der Waals surface area contributed by atoms with E-state index in [1.54, 1.807) is 11.3 Å². The third kappa shape index (κ3) is 3.81. The molecule has 0 spiro atoms. The van der Waals surface area contributed by atoms with Crippen LogP contribution in [0, 0.1) is 12.8 Å². The molecule has 1 aliphatic heterocycles. The number of carbonyl (C=O) groups is 1. The summed E-state index contributed by atoms with van der Waals surface area (Å²) in [5, 5.41) is 5.08. The van der Waals surface area contributed by atoms with Gasteiger partial charge in [-0.2, -0.15) is 0 Å². The summed E-state index contributed by atoms with van der Waals surface area (Å²) in [6, 6.07) is 2.10. The van der Waals surface area contributed by atoms with Crippen LogP contribution in [0.2, 0.25) is 0 Å². The van der Waals surface area contributed by atoms with E-state index < -0.39 is 5.79 Å². The highest BCUT2D eigenvalue weighted by molar-refractivity contribution is 7.10. The summed E-state index contributed by atoms with van der Waals surface area (Å²) in [7, 11) is 0. The van der Waals surface area contributed by atoms with Crippen LogP contribution in [0.25, 0.3) is 0 Å². The van der Waals surface area contributed by atoms with Gasteiger partial charge in [0.05, 0.1) is 19.8 Å². The first-order chi connectivity index (χ1) is 9.54. The van der Waals surface area contributed by atoms with Crippen molar-refractivity contribution in [2.75, 3.05) is 13.2 Å². The Balaban J connectivity index is 1.82. The van der Waals surface area contributed by atoms with Gasteiger partial charge in [0, 0.05) is 17.2 Å². The molecule has 112 valence electrons. The lowest BCUT2D eigenvalue weighted by molar-refractivity contribution is -0.173. The predicted molar refractivity (Wildman–Crippen MR) is 79.6 cm³/mol. The number of rotatable bonds is 6. The van der Waals surface area contributed by atoms with E-state index >= 15 is 0 Å². The monoisotopic (exact) mass is 297 g/mol. The average molecular weight is 297 g/mol. The molecule has 1 fully saturated rings. The highest BCUT2D eigenvalue weighted by Gasteiger charge is 2.37. The standard InChI is InChI=1S/C15H23NO3S/c1-4-15(18-5-6-19-15)8-12(3)14(17)16-9-13-7-11(2)10-20-13/h7,10,12H,4-6,8-9H2,1-3H3,(H,16,17).